The van der Waals surface area contributed by atoms with Gasteiger partial charge in [-0.3, -0.25) is 9.69 Å². The summed E-state index contributed by atoms with van der Waals surface area (Å²) in [6.45, 7) is 4.85. The molecule has 4 rings (SSSR count). The lowest BCUT2D eigenvalue weighted by atomic mass is 10.1. The third-order valence-electron chi connectivity index (χ3n) is 5.64. The topological polar surface area (TPSA) is 69.7 Å². The molecule has 0 spiro atoms. The van der Waals surface area contributed by atoms with E-state index in [0.717, 1.165) is 44.7 Å². The van der Waals surface area contributed by atoms with Crippen LogP contribution < -0.4 is 10.2 Å². The van der Waals surface area contributed by atoms with E-state index in [1.54, 1.807) is 12.1 Å². The Labute approximate surface area is 189 Å². The number of rotatable bonds is 6. The molecule has 0 unspecified atom stereocenters. The minimum atomic E-state index is -3.49. The quantitative estimate of drug-likeness (QED) is 0.622. The van der Waals surface area contributed by atoms with Gasteiger partial charge in [0.2, 0.25) is 0 Å². The molecule has 32 heavy (non-hydrogen) atoms. The van der Waals surface area contributed by atoms with Crippen LogP contribution in [0.1, 0.15) is 15.9 Å². The van der Waals surface area contributed by atoms with E-state index in [-0.39, 0.29) is 10.5 Å². The summed E-state index contributed by atoms with van der Waals surface area (Å²) in [6, 6.07) is 24.4. The predicted molar refractivity (Wildman–Crippen MR) is 128 cm³/mol. The van der Waals surface area contributed by atoms with E-state index in [1.165, 1.54) is 17.7 Å². The van der Waals surface area contributed by atoms with Crippen LogP contribution in [0, 0.1) is 0 Å². The van der Waals surface area contributed by atoms with Crippen molar-refractivity contribution in [2.45, 2.75) is 11.4 Å². The van der Waals surface area contributed by atoms with Crippen LogP contribution in [0.15, 0.2) is 83.8 Å². The van der Waals surface area contributed by atoms with Gasteiger partial charge in [-0.15, -0.1) is 0 Å². The van der Waals surface area contributed by atoms with Gasteiger partial charge in [-0.25, -0.2) is 8.42 Å². The third kappa shape index (κ3) is 5.36. The molecule has 7 heteroatoms. The molecule has 0 aliphatic carbocycles. The van der Waals surface area contributed by atoms with Gasteiger partial charge in [0.15, 0.2) is 9.84 Å². The zero-order chi connectivity index (χ0) is 22.6. The second-order valence-electron chi connectivity index (χ2n) is 8.02. The van der Waals surface area contributed by atoms with Crippen molar-refractivity contribution in [3.05, 3.63) is 90.0 Å². The van der Waals surface area contributed by atoms with Crippen LogP contribution in [0.3, 0.4) is 0 Å². The Hall–Kier alpha value is -3.16. The summed E-state index contributed by atoms with van der Waals surface area (Å²) in [4.78, 5) is 17.5. The van der Waals surface area contributed by atoms with Crippen molar-refractivity contribution in [2.75, 3.05) is 42.7 Å². The Kier molecular flexibility index (Phi) is 6.58. The Morgan fingerprint density at radius 2 is 1.47 bits per heavy atom. The first-order valence-electron chi connectivity index (χ1n) is 10.6. The van der Waals surface area contributed by atoms with Crippen LogP contribution >= 0.6 is 0 Å². The second kappa shape index (κ2) is 9.54. The molecule has 1 saturated heterocycles. The first-order chi connectivity index (χ1) is 15.4. The number of amides is 1. The standard InChI is InChI=1S/C25H27N3O3S/c1-32(30,31)24-10-6-5-9-23(24)25(29)26-21-11-13-22(14-12-21)28-17-15-27(16-18-28)19-20-7-3-2-4-8-20/h2-14H,15-19H2,1H3,(H,26,29). The van der Waals surface area contributed by atoms with Gasteiger partial charge in [0.05, 0.1) is 10.5 Å². The number of anilines is 2. The molecule has 3 aromatic carbocycles. The molecule has 166 valence electrons. The Balaban J connectivity index is 1.36. The van der Waals surface area contributed by atoms with Crippen molar-refractivity contribution < 1.29 is 13.2 Å². The molecule has 0 radical (unpaired) electrons. The number of piperazine rings is 1. The highest BCUT2D eigenvalue weighted by Crippen LogP contribution is 2.22. The molecular weight excluding hydrogens is 422 g/mol. The summed E-state index contributed by atoms with van der Waals surface area (Å²) in [6.07, 6.45) is 1.10. The largest absolute Gasteiger partial charge is 0.369 e. The fourth-order valence-corrected chi connectivity index (χ4v) is 4.82. The maximum absolute atomic E-state index is 12.7. The van der Waals surface area contributed by atoms with Crippen LogP contribution in [0.2, 0.25) is 0 Å². The first kappa shape index (κ1) is 22.0. The van der Waals surface area contributed by atoms with Crippen molar-refractivity contribution in [3.63, 3.8) is 0 Å². The van der Waals surface area contributed by atoms with Gasteiger partial charge in [0.1, 0.15) is 0 Å². The zero-order valence-electron chi connectivity index (χ0n) is 18.1. The Morgan fingerprint density at radius 1 is 0.844 bits per heavy atom. The van der Waals surface area contributed by atoms with Crippen molar-refractivity contribution >= 4 is 27.1 Å². The molecule has 0 aromatic heterocycles. The van der Waals surface area contributed by atoms with E-state index in [4.69, 9.17) is 0 Å². The summed E-state index contributed by atoms with van der Waals surface area (Å²) in [7, 11) is -3.49. The first-order valence-corrected chi connectivity index (χ1v) is 12.5. The van der Waals surface area contributed by atoms with Crippen molar-refractivity contribution in [1.82, 2.24) is 4.90 Å². The number of carbonyl (C=O) groups is 1. The molecular formula is C25H27N3O3S. The van der Waals surface area contributed by atoms with Crippen LogP contribution in [-0.2, 0) is 16.4 Å². The van der Waals surface area contributed by atoms with E-state index < -0.39 is 15.7 Å². The van der Waals surface area contributed by atoms with E-state index in [0.29, 0.717) is 5.69 Å². The number of hydrogen-bond donors (Lipinski definition) is 1. The molecule has 0 bridgehead atoms. The maximum Gasteiger partial charge on any atom is 0.256 e. The molecule has 1 fully saturated rings. The predicted octanol–water partition coefficient (Wildman–Crippen LogP) is 3.66. The Morgan fingerprint density at radius 3 is 2.12 bits per heavy atom. The van der Waals surface area contributed by atoms with Gasteiger partial charge in [-0.2, -0.15) is 0 Å². The minimum Gasteiger partial charge on any atom is -0.369 e. The number of sulfone groups is 1. The third-order valence-corrected chi connectivity index (χ3v) is 6.80. The number of carbonyl (C=O) groups excluding carboxylic acids is 1. The molecule has 0 saturated carbocycles. The van der Waals surface area contributed by atoms with Crippen LogP contribution in [-0.4, -0.2) is 51.7 Å². The highest BCUT2D eigenvalue weighted by atomic mass is 32.2. The van der Waals surface area contributed by atoms with Crippen molar-refractivity contribution in [3.8, 4) is 0 Å². The molecule has 0 atom stereocenters. The number of hydrogen-bond acceptors (Lipinski definition) is 5. The number of benzene rings is 3. The summed E-state index contributed by atoms with van der Waals surface area (Å²) in [5.41, 5.74) is 3.22. The lowest BCUT2D eigenvalue weighted by Gasteiger charge is -2.36. The normalized spacial score (nSPS) is 14.8. The maximum atomic E-state index is 12.7. The van der Waals surface area contributed by atoms with E-state index in [1.807, 2.05) is 30.3 Å². The van der Waals surface area contributed by atoms with Gasteiger partial charge >= 0.3 is 0 Å². The van der Waals surface area contributed by atoms with E-state index in [9.17, 15) is 13.2 Å². The smallest absolute Gasteiger partial charge is 0.256 e. The molecule has 6 nitrogen and oxygen atoms in total. The van der Waals surface area contributed by atoms with Crippen LogP contribution in [0.5, 0.6) is 0 Å². The molecule has 1 heterocycles. The minimum absolute atomic E-state index is 0.0301. The van der Waals surface area contributed by atoms with Crippen molar-refractivity contribution in [2.24, 2.45) is 0 Å². The van der Waals surface area contributed by atoms with Crippen LogP contribution in [0.4, 0.5) is 11.4 Å². The van der Waals surface area contributed by atoms with E-state index >= 15 is 0 Å². The highest BCUT2D eigenvalue weighted by Gasteiger charge is 2.19. The van der Waals surface area contributed by atoms with Gasteiger partial charge in [-0.1, -0.05) is 42.5 Å². The Bertz CT molecular complexity index is 1170. The molecule has 1 aliphatic heterocycles. The lowest BCUT2D eigenvalue weighted by molar-refractivity contribution is 0.102. The number of nitrogens with one attached hydrogen (secondary N) is 1. The average Bonchev–Trinajstić information content (AvgIpc) is 2.80. The monoisotopic (exact) mass is 449 g/mol. The summed E-state index contributed by atoms with van der Waals surface area (Å²) < 4.78 is 23.9. The summed E-state index contributed by atoms with van der Waals surface area (Å²) in [5, 5.41) is 2.81. The van der Waals surface area contributed by atoms with Crippen molar-refractivity contribution in [1.29, 1.82) is 0 Å². The fourth-order valence-electron chi connectivity index (χ4n) is 3.94. The lowest BCUT2D eigenvalue weighted by Crippen LogP contribution is -2.45. The van der Waals surface area contributed by atoms with Gasteiger partial charge in [0.25, 0.3) is 5.91 Å². The molecule has 1 N–H and O–H groups in total. The van der Waals surface area contributed by atoms with Gasteiger partial charge in [0, 0.05) is 50.4 Å². The summed E-state index contributed by atoms with van der Waals surface area (Å²) >= 11 is 0. The SMILES string of the molecule is CS(=O)(=O)c1ccccc1C(=O)Nc1ccc(N2CCN(Cc3ccccc3)CC2)cc1. The molecule has 1 amide bonds. The van der Waals surface area contributed by atoms with Gasteiger partial charge < -0.3 is 10.2 Å². The highest BCUT2D eigenvalue weighted by molar-refractivity contribution is 7.90. The number of nitrogens with zero attached hydrogens (tertiary/aromatic N) is 2. The van der Waals surface area contributed by atoms with E-state index in [2.05, 4.69) is 39.4 Å². The second-order valence-corrected chi connectivity index (χ2v) is 10.0. The average molecular weight is 450 g/mol. The fraction of sp³-hybridized carbons (Fsp3) is 0.240. The molecule has 1 aliphatic rings. The summed E-state index contributed by atoms with van der Waals surface area (Å²) in [5.74, 6) is -0.437. The van der Waals surface area contributed by atoms with Crippen LogP contribution in [0.25, 0.3) is 0 Å². The van der Waals surface area contributed by atoms with Gasteiger partial charge in [-0.05, 0) is 42.0 Å². The molecule has 3 aromatic rings. The zero-order valence-corrected chi connectivity index (χ0v) is 18.9.